The molecule has 1 aliphatic heterocycles. The van der Waals surface area contributed by atoms with Gasteiger partial charge in [0.25, 0.3) is 5.91 Å². The largest absolute Gasteiger partial charge is 0.379 e. The fourth-order valence-corrected chi connectivity index (χ4v) is 5.97. The van der Waals surface area contributed by atoms with Gasteiger partial charge in [-0.15, -0.1) is 0 Å². The molecule has 0 unspecified atom stereocenters. The van der Waals surface area contributed by atoms with Crippen molar-refractivity contribution in [3.8, 4) is 0 Å². The number of sulfonamides is 1. The minimum Gasteiger partial charge on any atom is -0.379 e. The van der Waals surface area contributed by atoms with Gasteiger partial charge in [-0.25, -0.2) is 8.42 Å². The molecule has 0 aromatic heterocycles. The molecular formula is C23H28N2O4S. The summed E-state index contributed by atoms with van der Waals surface area (Å²) < 4.78 is 33.2. The fraction of sp³-hybridized carbons (Fsp3) is 0.435. The Bertz CT molecular complexity index is 1040. The van der Waals surface area contributed by atoms with Crippen LogP contribution in [0.4, 0.5) is 5.69 Å². The molecule has 2 aromatic rings. The molecule has 7 heteroatoms. The van der Waals surface area contributed by atoms with Crippen LogP contribution in [-0.2, 0) is 34.0 Å². The lowest BCUT2D eigenvalue weighted by atomic mass is 9.90. The number of hydrogen-bond donors (Lipinski definition) is 1. The van der Waals surface area contributed by atoms with Gasteiger partial charge in [0.15, 0.2) is 0 Å². The number of rotatable bonds is 5. The van der Waals surface area contributed by atoms with Gasteiger partial charge in [0.05, 0.1) is 18.1 Å². The SMILES string of the molecule is CCc1ccc(C(=O)Nc2cccc3c2CCCC3)cc1S(=O)(=O)N1CCOCC1. The van der Waals surface area contributed by atoms with Gasteiger partial charge < -0.3 is 10.1 Å². The van der Waals surface area contributed by atoms with E-state index in [0.717, 1.165) is 30.5 Å². The van der Waals surface area contributed by atoms with Crippen molar-refractivity contribution >= 4 is 21.6 Å². The molecule has 2 aliphatic rings. The number of nitrogens with zero attached hydrogens (tertiary/aromatic N) is 1. The summed E-state index contributed by atoms with van der Waals surface area (Å²) in [6, 6.07) is 11.0. The number of ether oxygens (including phenoxy) is 1. The van der Waals surface area contributed by atoms with Crippen LogP contribution in [0.5, 0.6) is 0 Å². The van der Waals surface area contributed by atoms with Gasteiger partial charge in [-0.2, -0.15) is 4.31 Å². The molecule has 1 heterocycles. The lowest BCUT2D eigenvalue weighted by Gasteiger charge is -2.27. The predicted molar refractivity (Wildman–Crippen MR) is 116 cm³/mol. The lowest BCUT2D eigenvalue weighted by Crippen LogP contribution is -2.41. The first kappa shape index (κ1) is 21.0. The van der Waals surface area contributed by atoms with Crippen LogP contribution in [-0.4, -0.2) is 44.9 Å². The minimum atomic E-state index is -3.67. The van der Waals surface area contributed by atoms with E-state index in [0.29, 0.717) is 38.3 Å². The molecule has 1 fully saturated rings. The van der Waals surface area contributed by atoms with E-state index in [-0.39, 0.29) is 10.8 Å². The van der Waals surface area contributed by atoms with Crippen molar-refractivity contribution < 1.29 is 17.9 Å². The highest BCUT2D eigenvalue weighted by Crippen LogP contribution is 2.29. The van der Waals surface area contributed by atoms with E-state index < -0.39 is 10.0 Å². The van der Waals surface area contributed by atoms with Gasteiger partial charge in [0.1, 0.15) is 0 Å². The molecule has 1 aliphatic carbocycles. The number of carbonyl (C=O) groups excluding carboxylic acids is 1. The Labute approximate surface area is 178 Å². The van der Waals surface area contributed by atoms with Crippen LogP contribution in [0.15, 0.2) is 41.3 Å². The number of hydrogen-bond acceptors (Lipinski definition) is 4. The van der Waals surface area contributed by atoms with E-state index in [9.17, 15) is 13.2 Å². The highest BCUT2D eigenvalue weighted by Gasteiger charge is 2.29. The van der Waals surface area contributed by atoms with Crippen LogP contribution >= 0.6 is 0 Å². The van der Waals surface area contributed by atoms with Crippen molar-refractivity contribution in [2.75, 3.05) is 31.6 Å². The van der Waals surface area contributed by atoms with Crippen LogP contribution in [0.3, 0.4) is 0 Å². The zero-order valence-corrected chi connectivity index (χ0v) is 18.1. The molecule has 0 atom stereocenters. The first-order valence-corrected chi connectivity index (χ1v) is 12.1. The first-order chi connectivity index (χ1) is 14.5. The summed E-state index contributed by atoms with van der Waals surface area (Å²) in [6.07, 6.45) is 4.86. The standard InChI is InChI=1S/C23H28N2O4S/c1-2-17-10-11-19(16-22(17)30(27,28)25-12-14-29-15-13-25)23(26)24-21-9-5-7-18-6-3-4-8-20(18)21/h5,7,9-11,16H,2-4,6,8,12-15H2,1H3,(H,24,26). The lowest BCUT2D eigenvalue weighted by molar-refractivity contribution is 0.0730. The molecule has 1 saturated heterocycles. The number of morpholine rings is 1. The Morgan fingerprint density at radius 2 is 1.87 bits per heavy atom. The Hall–Kier alpha value is -2.22. The number of amides is 1. The predicted octanol–water partition coefficient (Wildman–Crippen LogP) is 3.40. The number of carbonyl (C=O) groups is 1. The second-order valence-electron chi connectivity index (χ2n) is 7.80. The normalized spacial score (nSPS) is 17.4. The smallest absolute Gasteiger partial charge is 0.255 e. The Morgan fingerprint density at radius 1 is 1.10 bits per heavy atom. The van der Waals surface area contributed by atoms with Crippen molar-refractivity contribution in [1.29, 1.82) is 0 Å². The maximum absolute atomic E-state index is 13.2. The van der Waals surface area contributed by atoms with E-state index >= 15 is 0 Å². The van der Waals surface area contributed by atoms with Crippen molar-refractivity contribution in [3.05, 3.63) is 58.7 Å². The second kappa shape index (κ2) is 8.88. The van der Waals surface area contributed by atoms with Crippen molar-refractivity contribution in [2.24, 2.45) is 0 Å². The maximum Gasteiger partial charge on any atom is 0.255 e. The van der Waals surface area contributed by atoms with Crippen LogP contribution in [0.2, 0.25) is 0 Å². The molecule has 0 radical (unpaired) electrons. The molecular weight excluding hydrogens is 400 g/mol. The second-order valence-corrected chi connectivity index (χ2v) is 9.70. The summed E-state index contributed by atoms with van der Waals surface area (Å²) in [6.45, 7) is 3.36. The quantitative estimate of drug-likeness (QED) is 0.792. The van der Waals surface area contributed by atoms with Crippen LogP contribution in [0.1, 0.15) is 46.8 Å². The molecule has 30 heavy (non-hydrogen) atoms. The van der Waals surface area contributed by atoms with Crippen molar-refractivity contribution in [1.82, 2.24) is 4.31 Å². The Morgan fingerprint density at radius 3 is 2.63 bits per heavy atom. The zero-order valence-electron chi connectivity index (χ0n) is 17.3. The molecule has 4 rings (SSSR count). The number of aryl methyl sites for hydroxylation is 2. The van der Waals surface area contributed by atoms with Gasteiger partial charge in [-0.1, -0.05) is 25.1 Å². The van der Waals surface area contributed by atoms with Gasteiger partial charge >= 0.3 is 0 Å². The first-order valence-electron chi connectivity index (χ1n) is 10.6. The average molecular weight is 429 g/mol. The molecule has 160 valence electrons. The zero-order chi connectivity index (χ0) is 21.1. The van der Waals surface area contributed by atoms with Crippen LogP contribution < -0.4 is 5.32 Å². The van der Waals surface area contributed by atoms with Crippen LogP contribution in [0, 0.1) is 0 Å². The van der Waals surface area contributed by atoms with E-state index in [2.05, 4.69) is 11.4 Å². The molecule has 1 amide bonds. The Kier molecular flexibility index (Phi) is 6.22. The Balaban J connectivity index is 1.64. The highest BCUT2D eigenvalue weighted by atomic mass is 32.2. The molecule has 0 bridgehead atoms. The molecule has 1 N–H and O–H groups in total. The molecule has 2 aromatic carbocycles. The number of anilines is 1. The third-order valence-electron chi connectivity index (χ3n) is 5.94. The highest BCUT2D eigenvalue weighted by molar-refractivity contribution is 7.89. The van der Waals surface area contributed by atoms with E-state index in [4.69, 9.17) is 4.74 Å². The van der Waals surface area contributed by atoms with Gasteiger partial charge in [-0.05, 0) is 67.0 Å². The summed E-state index contributed by atoms with van der Waals surface area (Å²) in [5.41, 5.74) is 4.39. The third-order valence-corrected chi connectivity index (χ3v) is 7.92. The van der Waals surface area contributed by atoms with Crippen LogP contribution in [0.25, 0.3) is 0 Å². The van der Waals surface area contributed by atoms with E-state index in [1.54, 1.807) is 12.1 Å². The van der Waals surface area contributed by atoms with Gasteiger partial charge in [0, 0.05) is 24.3 Å². The van der Waals surface area contributed by atoms with Crippen molar-refractivity contribution in [3.63, 3.8) is 0 Å². The maximum atomic E-state index is 13.2. The monoisotopic (exact) mass is 428 g/mol. The molecule has 0 saturated carbocycles. The topological polar surface area (TPSA) is 75.7 Å². The average Bonchev–Trinajstić information content (AvgIpc) is 2.79. The van der Waals surface area contributed by atoms with Gasteiger partial charge in [-0.3, -0.25) is 4.79 Å². The summed E-state index contributed by atoms with van der Waals surface area (Å²) in [5.74, 6) is -0.282. The third kappa shape index (κ3) is 4.15. The number of nitrogens with one attached hydrogen (secondary N) is 1. The number of fused-ring (bicyclic) bond motifs is 1. The van der Waals surface area contributed by atoms with Gasteiger partial charge in [0.2, 0.25) is 10.0 Å². The fourth-order valence-electron chi connectivity index (χ4n) is 4.25. The van der Waals surface area contributed by atoms with E-state index in [1.165, 1.54) is 27.9 Å². The van der Waals surface area contributed by atoms with Crippen molar-refractivity contribution in [2.45, 2.75) is 43.9 Å². The van der Waals surface area contributed by atoms with E-state index in [1.807, 2.05) is 19.1 Å². The summed E-state index contributed by atoms with van der Waals surface area (Å²) in [5, 5.41) is 3.01. The molecule has 0 spiro atoms. The summed E-state index contributed by atoms with van der Waals surface area (Å²) in [7, 11) is -3.67. The summed E-state index contributed by atoms with van der Waals surface area (Å²) >= 11 is 0. The number of benzene rings is 2. The minimum absolute atomic E-state index is 0.217. The summed E-state index contributed by atoms with van der Waals surface area (Å²) in [4.78, 5) is 13.2. The molecule has 6 nitrogen and oxygen atoms in total.